The van der Waals surface area contributed by atoms with Gasteiger partial charge in [0.25, 0.3) is 0 Å². The molecule has 0 atom stereocenters. The zero-order valence-corrected chi connectivity index (χ0v) is 41.7. The lowest BCUT2D eigenvalue weighted by Gasteiger charge is -2.26. The Hall–Kier alpha value is -8.12. The van der Waals surface area contributed by atoms with Crippen LogP contribution in [-0.4, -0.2) is 0 Å². The van der Waals surface area contributed by atoms with Crippen LogP contribution in [0.5, 0.6) is 0 Å². The molecule has 0 saturated heterocycles. The lowest BCUT2D eigenvalue weighted by atomic mass is 9.82. The molecule has 0 radical (unpaired) electrons. The van der Waals surface area contributed by atoms with E-state index in [-0.39, 0.29) is 10.8 Å². The van der Waals surface area contributed by atoms with Gasteiger partial charge in [0, 0.05) is 54.2 Å². The molecular weight excluding hydrogens is 933 g/mol. The summed E-state index contributed by atoms with van der Waals surface area (Å²) in [7, 11) is 0. The minimum absolute atomic E-state index is 0.0188. The Balaban J connectivity index is 0.000000123. The quantitative estimate of drug-likeness (QED) is 0.187. The fraction of sp³-hybridized carbons (Fsp3) is 0.0909. The Morgan fingerprint density at radius 1 is 0.366 bits per heavy atom. The standard InChI is InChI=1S/C33H25NO.C21H15BrO.C12H11N/c1-33(2)27-17-10-9-16-24(27)25-21-31-26(20-28(25)33)32-29(18-11-19-30(32)35-31)34(22-12-5-3-6-13-22)23-14-7-4-8-15-23;1-21(2)15-7-4-3-6-12(15)13-11-19-14(10-16(13)21)20-17(22)8-5-9-18(20)23-19;1-3-7-11(8-4-1)13-12-9-5-2-6-10-12/h3-21H,1-2H3;3-11H,1-2H3;1-10,13H. The minimum Gasteiger partial charge on any atom is -0.456 e. The second-order valence-electron chi connectivity index (χ2n) is 19.5. The van der Waals surface area contributed by atoms with Gasteiger partial charge in [-0.1, -0.05) is 177 Å². The first-order valence-corrected chi connectivity index (χ1v) is 25.1. The van der Waals surface area contributed by atoms with Crippen molar-refractivity contribution in [1.29, 1.82) is 0 Å². The summed E-state index contributed by atoms with van der Waals surface area (Å²) in [5.74, 6) is 0. The van der Waals surface area contributed by atoms with Gasteiger partial charge < -0.3 is 19.1 Å². The molecule has 0 bridgehead atoms. The second kappa shape index (κ2) is 17.7. The van der Waals surface area contributed by atoms with Crippen molar-refractivity contribution >= 4 is 88.2 Å². The van der Waals surface area contributed by atoms with Crippen LogP contribution in [-0.2, 0) is 10.8 Å². The molecule has 10 aromatic carbocycles. The number of nitrogens with one attached hydrogen (secondary N) is 1. The lowest BCUT2D eigenvalue weighted by molar-refractivity contribution is 0.657. The molecule has 5 heteroatoms. The van der Waals surface area contributed by atoms with E-state index in [0.717, 1.165) is 71.4 Å². The van der Waals surface area contributed by atoms with E-state index in [1.54, 1.807) is 0 Å². The van der Waals surface area contributed by atoms with E-state index < -0.39 is 0 Å². The molecule has 2 aromatic heterocycles. The molecule has 2 aliphatic rings. The first-order valence-electron chi connectivity index (χ1n) is 24.3. The molecule has 1 N–H and O–H groups in total. The van der Waals surface area contributed by atoms with Gasteiger partial charge in [0.15, 0.2) is 0 Å². The van der Waals surface area contributed by atoms with E-state index >= 15 is 0 Å². The van der Waals surface area contributed by atoms with Crippen LogP contribution in [0.3, 0.4) is 0 Å². The maximum Gasteiger partial charge on any atom is 0.137 e. The Morgan fingerprint density at radius 2 is 0.775 bits per heavy atom. The first-order chi connectivity index (χ1) is 34.6. The minimum atomic E-state index is -0.0583. The summed E-state index contributed by atoms with van der Waals surface area (Å²) >= 11 is 3.67. The molecule has 0 amide bonds. The summed E-state index contributed by atoms with van der Waals surface area (Å²) in [5, 5.41) is 7.96. The van der Waals surface area contributed by atoms with Crippen molar-refractivity contribution in [3.8, 4) is 22.3 Å². The number of furan rings is 2. The Labute approximate surface area is 423 Å². The SMILES string of the molecule is CC1(C)c2ccccc2-c2cc3oc4cccc(Br)c4c3cc21.CC1(C)c2ccccc2-c2cc3oc4cccc(N(c5ccccc5)c5ccccc5)c4c3cc21.c1ccc(Nc2ccccc2)cc1. The molecule has 0 unspecified atom stereocenters. The van der Waals surface area contributed by atoms with Crippen LogP contribution in [0.15, 0.2) is 244 Å². The molecule has 2 heterocycles. The van der Waals surface area contributed by atoms with Crippen LogP contribution >= 0.6 is 15.9 Å². The maximum atomic E-state index is 6.50. The van der Waals surface area contributed by atoms with Crippen molar-refractivity contribution in [2.24, 2.45) is 0 Å². The highest BCUT2D eigenvalue weighted by Gasteiger charge is 2.37. The third kappa shape index (κ3) is 7.69. The van der Waals surface area contributed by atoms with Gasteiger partial charge in [0.05, 0.1) is 11.1 Å². The topological polar surface area (TPSA) is 41.6 Å². The summed E-state index contributed by atoms with van der Waals surface area (Å²) in [6, 6.07) is 80.5. The lowest BCUT2D eigenvalue weighted by Crippen LogP contribution is -2.14. The van der Waals surface area contributed by atoms with Crippen LogP contribution in [0.25, 0.3) is 66.1 Å². The second-order valence-corrected chi connectivity index (χ2v) is 20.3. The normalized spacial score (nSPS) is 13.4. The van der Waals surface area contributed by atoms with Gasteiger partial charge >= 0.3 is 0 Å². The van der Waals surface area contributed by atoms with Gasteiger partial charge in [0.1, 0.15) is 22.3 Å². The predicted octanol–water partition coefficient (Wildman–Crippen LogP) is 19.4. The van der Waals surface area contributed by atoms with E-state index in [4.69, 9.17) is 8.83 Å². The molecule has 14 rings (SSSR count). The predicted molar refractivity (Wildman–Crippen MR) is 301 cm³/mol. The zero-order valence-electron chi connectivity index (χ0n) is 40.1. The fourth-order valence-corrected chi connectivity index (χ4v) is 11.5. The fourth-order valence-electron chi connectivity index (χ4n) is 11.0. The highest BCUT2D eigenvalue weighted by atomic mass is 79.9. The average Bonchev–Trinajstić information content (AvgIpc) is 4.10. The number of nitrogens with zero attached hydrogens (tertiary/aromatic N) is 1. The van der Waals surface area contributed by atoms with Gasteiger partial charge in [-0.15, -0.1) is 0 Å². The molecule has 4 nitrogen and oxygen atoms in total. The number of rotatable bonds is 5. The van der Waals surface area contributed by atoms with Crippen LogP contribution in [0, 0.1) is 0 Å². The van der Waals surface area contributed by atoms with Crippen molar-refractivity contribution in [1.82, 2.24) is 0 Å². The summed E-state index contributed by atoms with van der Waals surface area (Å²) < 4.78 is 13.7. The average molecular weight is 984 g/mol. The third-order valence-corrected chi connectivity index (χ3v) is 15.1. The number of fused-ring (bicyclic) bond motifs is 12. The Bertz CT molecular complexity index is 3840. The van der Waals surface area contributed by atoms with Crippen LogP contribution < -0.4 is 10.2 Å². The number of benzene rings is 10. The Morgan fingerprint density at radius 3 is 1.27 bits per heavy atom. The molecule has 0 fully saturated rings. The number of halogens is 1. The third-order valence-electron chi connectivity index (χ3n) is 14.4. The number of hydrogen-bond donors (Lipinski definition) is 1. The van der Waals surface area contributed by atoms with E-state index in [2.05, 4.69) is 212 Å². The molecule has 2 aliphatic carbocycles. The molecule has 0 saturated carbocycles. The summed E-state index contributed by atoms with van der Waals surface area (Å²) in [4.78, 5) is 2.32. The highest BCUT2D eigenvalue weighted by molar-refractivity contribution is 9.10. The Kier molecular flexibility index (Phi) is 11.0. The monoisotopic (exact) mass is 982 g/mol. The summed E-state index contributed by atoms with van der Waals surface area (Å²) in [6.07, 6.45) is 0. The van der Waals surface area contributed by atoms with Crippen LogP contribution in [0.1, 0.15) is 49.9 Å². The van der Waals surface area contributed by atoms with Gasteiger partial charge in [0.2, 0.25) is 0 Å². The first kappa shape index (κ1) is 44.1. The molecule has 71 heavy (non-hydrogen) atoms. The van der Waals surface area contributed by atoms with Crippen molar-refractivity contribution < 1.29 is 8.83 Å². The largest absolute Gasteiger partial charge is 0.456 e. The molecule has 0 spiro atoms. The number of hydrogen-bond acceptors (Lipinski definition) is 4. The van der Waals surface area contributed by atoms with E-state index in [0.29, 0.717) is 0 Å². The zero-order chi connectivity index (χ0) is 48.3. The van der Waals surface area contributed by atoms with Crippen molar-refractivity contribution in [3.05, 3.63) is 257 Å². The maximum absolute atomic E-state index is 6.50. The summed E-state index contributed by atoms with van der Waals surface area (Å²) in [5.41, 5.74) is 20.0. The van der Waals surface area contributed by atoms with Crippen molar-refractivity contribution in [2.45, 2.75) is 38.5 Å². The smallest absolute Gasteiger partial charge is 0.137 e. The van der Waals surface area contributed by atoms with Crippen LogP contribution in [0.4, 0.5) is 28.4 Å². The molecule has 344 valence electrons. The molecule has 12 aromatic rings. The van der Waals surface area contributed by atoms with Crippen molar-refractivity contribution in [2.75, 3.05) is 10.2 Å². The molecular formula is C66H51BrN2O2. The van der Waals surface area contributed by atoms with Gasteiger partial charge in [-0.25, -0.2) is 0 Å². The van der Waals surface area contributed by atoms with Gasteiger partial charge in [-0.05, 0) is 142 Å². The van der Waals surface area contributed by atoms with E-state index in [9.17, 15) is 0 Å². The van der Waals surface area contributed by atoms with Crippen LogP contribution in [0.2, 0.25) is 0 Å². The van der Waals surface area contributed by atoms with Gasteiger partial charge in [-0.2, -0.15) is 0 Å². The number of anilines is 5. The van der Waals surface area contributed by atoms with E-state index in [1.807, 2.05) is 72.8 Å². The molecule has 0 aliphatic heterocycles. The van der Waals surface area contributed by atoms with Crippen molar-refractivity contribution in [3.63, 3.8) is 0 Å². The number of para-hydroxylation sites is 4. The highest BCUT2D eigenvalue weighted by Crippen LogP contribution is 2.53. The van der Waals surface area contributed by atoms with E-state index in [1.165, 1.54) is 49.9 Å². The summed E-state index contributed by atoms with van der Waals surface area (Å²) in [6.45, 7) is 9.27. The van der Waals surface area contributed by atoms with Gasteiger partial charge in [-0.3, -0.25) is 0 Å².